The molecule has 0 aromatic heterocycles. The Morgan fingerprint density at radius 3 is 2.75 bits per heavy atom. The highest BCUT2D eigenvalue weighted by atomic mass is 16.5. The molecule has 0 spiro atoms. The minimum absolute atomic E-state index is 0.0155. The van der Waals surface area contributed by atoms with Gasteiger partial charge < -0.3 is 14.9 Å². The molecule has 1 atom stereocenters. The molecule has 0 radical (unpaired) electrons. The van der Waals surface area contributed by atoms with Gasteiger partial charge in [-0.2, -0.15) is 0 Å². The summed E-state index contributed by atoms with van der Waals surface area (Å²) < 4.78 is 4.84. The summed E-state index contributed by atoms with van der Waals surface area (Å²) in [5, 5.41) is 19.2. The van der Waals surface area contributed by atoms with Crippen molar-refractivity contribution < 1.29 is 19.7 Å². The normalized spacial score (nSPS) is 12.1. The minimum Gasteiger partial charge on any atom is -0.508 e. The third kappa shape index (κ3) is 3.55. The smallest absolute Gasteiger partial charge is 0.308 e. The molecule has 0 aliphatic carbocycles. The van der Waals surface area contributed by atoms with Gasteiger partial charge in [-0.15, -0.1) is 0 Å². The number of aliphatic hydroxyl groups excluding tert-OH is 1. The van der Waals surface area contributed by atoms with E-state index in [0.29, 0.717) is 12.2 Å². The molecule has 16 heavy (non-hydrogen) atoms. The Labute approximate surface area is 94.5 Å². The van der Waals surface area contributed by atoms with Crippen LogP contribution in [0.3, 0.4) is 0 Å². The first-order chi connectivity index (χ1) is 7.65. The molecule has 0 aliphatic heterocycles. The summed E-state index contributed by atoms with van der Waals surface area (Å²) in [5.74, 6) is -0.476. The number of hydrogen-bond donors (Lipinski definition) is 2. The first-order valence-electron chi connectivity index (χ1n) is 5.26. The van der Waals surface area contributed by atoms with Gasteiger partial charge >= 0.3 is 5.97 Å². The lowest BCUT2D eigenvalue weighted by Crippen LogP contribution is -2.10. The van der Waals surface area contributed by atoms with Gasteiger partial charge in [-0.1, -0.05) is 25.1 Å². The van der Waals surface area contributed by atoms with E-state index in [1.165, 1.54) is 6.07 Å². The zero-order chi connectivity index (χ0) is 12.0. The van der Waals surface area contributed by atoms with Gasteiger partial charge in [-0.05, 0) is 12.5 Å². The van der Waals surface area contributed by atoms with Crippen LogP contribution in [0.4, 0.5) is 0 Å². The van der Waals surface area contributed by atoms with Gasteiger partial charge in [0.25, 0.3) is 0 Å². The van der Waals surface area contributed by atoms with E-state index in [2.05, 4.69) is 0 Å². The number of ether oxygens (including phenoxy) is 1. The first-order valence-corrected chi connectivity index (χ1v) is 5.26. The van der Waals surface area contributed by atoms with Crippen molar-refractivity contribution in [2.75, 3.05) is 6.61 Å². The van der Waals surface area contributed by atoms with Crippen molar-refractivity contribution in [3.63, 3.8) is 0 Å². The van der Waals surface area contributed by atoms with Crippen molar-refractivity contribution in [1.29, 1.82) is 0 Å². The Morgan fingerprint density at radius 1 is 1.44 bits per heavy atom. The highest BCUT2D eigenvalue weighted by molar-refractivity contribution is 5.70. The molecule has 1 rings (SSSR count). The zero-order valence-corrected chi connectivity index (χ0v) is 9.22. The van der Waals surface area contributed by atoms with Crippen LogP contribution >= 0.6 is 0 Å². The predicted octanol–water partition coefficient (Wildman–Crippen LogP) is 1.77. The second kappa shape index (κ2) is 6.12. The van der Waals surface area contributed by atoms with Crippen molar-refractivity contribution in [3.8, 4) is 5.75 Å². The third-order valence-electron chi connectivity index (χ3n) is 2.12. The van der Waals surface area contributed by atoms with Crippen LogP contribution < -0.4 is 0 Å². The van der Waals surface area contributed by atoms with E-state index in [9.17, 15) is 15.0 Å². The van der Waals surface area contributed by atoms with E-state index in [1.807, 2.05) is 6.92 Å². The number of carbonyl (C=O) groups is 1. The van der Waals surface area contributed by atoms with E-state index < -0.39 is 12.1 Å². The highest BCUT2D eigenvalue weighted by Gasteiger charge is 2.16. The average Bonchev–Trinajstić information content (AvgIpc) is 2.26. The van der Waals surface area contributed by atoms with E-state index in [4.69, 9.17) is 4.74 Å². The molecular formula is C12H16O4. The molecule has 4 nitrogen and oxygen atoms in total. The van der Waals surface area contributed by atoms with Crippen LogP contribution in [-0.2, 0) is 9.53 Å². The number of aromatic hydroxyl groups is 1. The Hall–Kier alpha value is -1.55. The summed E-state index contributed by atoms with van der Waals surface area (Å²) in [6.07, 6.45) is -0.415. The number of carbonyl (C=O) groups excluding carboxylic acids is 1. The van der Waals surface area contributed by atoms with Crippen LogP contribution in [0.15, 0.2) is 24.3 Å². The topological polar surface area (TPSA) is 66.8 Å². The van der Waals surface area contributed by atoms with E-state index in [0.717, 1.165) is 6.42 Å². The molecule has 0 aliphatic rings. The van der Waals surface area contributed by atoms with Crippen LogP contribution in [0, 0.1) is 0 Å². The highest BCUT2D eigenvalue weighted by Crippen LogP contribution is 2.25. The molecule has 88 valence electrons. The summed E-state index contributed by atoms with van der Waals surface area (Å²) in [6, 6.07) is 6.39. The fraction of sp³-hybridized carbons (Fsp3) is 0.417. The maximum atomic E-state index is 11.2. The summed E-state index contributed by atoms with van der Waals surface area (Å²) >= 11 is 0. The molecular weight excluding hydrogens is 208 g/mol. The molecule has 4 heteroatoms. The van der Waals surface area contributed by atoms with Crippen LogP contribution in [-0.4, -0.2) is 22.8 Å². The standard InChI is InChI=1S/C12H16O4/c1-2-7-16-12(15)8-11(14)9-5-3-4-6-10(9)13/h3-6,11,13-14H,2,7-8H2,1H3. The van der Waals surface area contributed by atoms with Gasteiger partial charge in [0, 0.05) is 5.56 Å². The molecule has 0 amide bonds. The molecule has 0 fully saturated rings. The lowest BCUT2D eigenvalue weighted by molar-refractivity contribution is -0.146. The van der Waals surface area contributed by atoms with Crippen molar-refractivity contribution >= 4 is 5.97 Å². The number of esters is 1. The largest absolute Gasteiger partial charge is 0.508 e. The monoisotopic (exact) mass is 224 g/mol. The fourth-order valence-corrected chi connectivity index (χ4v) is 1.31. The van der Waals surface area contributed by atoms with Gasteiger partial charge in [0.2, 0.25) is 0 Å². The summed E-state index contributed by atoms with van der Waals surface area (Å²) in [5.41, 5.74) is 0.343. The van der Waals surface area contributed by atoms with E-state index in [-0.39, 0.29) is 12.2 Å². The maximum Gasteiger partial charge on any atom is 0.308 e. The molecule has 0 heterocycles. The molecule has 1 aromatic carbocycles. The fourth-order valence-electron chi connectivity index (χ4n) is 1.31. The molecule has 1 unspecified atom stereocenters. The van der Waals surface area contributed by atoms with Crippen molar-refractivity contribution in [2.24, 2.45) is 0 Å². The number of phenols is 1. The Morgan fingerprint density at radius 2 is 2.12 bits per heavy atom. The quantitative estimate of drug-likeness (QED) is 0.748. The number of hydrogen-bond acceptors (Lipinski definition) is 4. The van der Waals surface area contributed by atoms with E-state index >= 15 is 0 Å². The van der Waals surface area contributed by atoms with Gasteiger partial charge in [0.1, 0.15) is 5.75 Å². The second-order valence-corrected chi connectivity index (χ2v) is 3.50. The Balaban J connectivity index is 2.55. The van der Waals surface area contributed by atoms with Gasteiger partial charge in [-0.25, -0.2) is 0 Å². The summed E-state index contributed by atoms with van der Waals surface area (Å²) in [4.78, 5) is 11.2. The number of rotatable bonds is 5. The Bertz CT molecular complexity index is 349. The van der Waals surface area contributed by atoms with Crippen molar-refractivity contribution in [2.45, 2.75) is 25.9 Å². The number of aliphatic hydroxyl groups is 1. The minimum atomic E-state index is -1.02. The van der Waals surface area contributed by atoms with Crippen LogP contribution in [0.2, 0.25) is 0 Å². The van der Waals surface area contributed by atoms with Crippen LogP contribution in [0.25, 0.3) is 0 Å². The van der Waals surface area contributed by atoms with Gasteiger partial charge in [0.05, 0.1) is 19.1 Å². The third-order valence-corrected chi connectivity index (χ3v) is 2.12. The van der Waals surface area contributed by atoms with Gasteiger partial charge in [-0.3, -0.25) is 4.79 Å². The average molecular weight is 224 g/mol. The van der Waals surface area contributed by atoms with E-state index in [1.54, 1.807) is 18.2 Å². The summed E-state index contributed by atoms with van der Waals surface area (Å²) in [7, 11) is 0. The van der Waals surface area contributed by atoms with Crippen molar-refractivity contribution in [1.82, 2.24) is 0 Å². The SMILES string of the molecule is CCCOC(=O)CC(O)c1ccccc1O. The maximum absolute atomic E-state index is 11.2. The van der Waals surface area contributed by atoms with Crippen LogP contribution in [0.5, 0.6) is 5.75 Å². The molecule has 0 saturated heterocycles. The molecule has 1 aromatic rings. The first kappa shape index (κ1) is 12.5. The molecule has 2 N–H and O–H groups in total. The molecule has 0 saturated carbocycles. The Kier molecular flexibility index (Phi) is 4.79. The van der Waals surface area contributed by atoms with Gasteiger partial charge in [0.15, 0.2) is 0 Å². The second-order valence-electron chi connectivity index (χ2n) is 3.50. The van der Waals surface area contributed by atoms with Crippen LogP contribution in [0.1, 0.15) is 31.4 Å². The number of benzene rings is 1. The number of para-hydroxylation sites is 1. The zero-order valence-electron chi connectivity index (χ0n) is 9.22. The lowest BCUT2D eigenvalue weighted by Gasteiger charge is -2.11. The van der Waals surface area contributed by atoms with Crippen molar-refractivity contribution in [3.05, 3.63) is 29.8 Å². The summed E-state index contributed by atoms with van der Waals surface area (Å²) in [6.45, 7) is 2.25. The predicted molar refractivity (Wildman–Crippen MR) is 58.9 cm³/mol. The number of phenolic OH excluding ortho intramolecular Hbond substituents is 1. The lowest BCUT2D eigenvalue weighted by atomic mass is 10.1. The molecule has 0 bridgehead atoms.